The van der Waals surface area contributed by atoms with Crippen LogP contribution in [0.3, 0.4) is 0 Å². The molecule has 1 amide bonds. The van der Waals surface area contributed by atoms with E-state index in [-0.39, 0.29) is 12.0 Å². The smallest absolute Gasteiger partial charge is 0.279 e. The summed E-state index contributed by atoms with van der Waals surface area (Å²) in [6, 6.07) is 11.4. The Morgan fingerprint density at radius 2 is 2.29 bits per heavy atom. The Morgan fingerprint density at radius 3 is 3.00 bits per heavy atom. The molecular formula is C18H22ClN2O2S+. The topological polar surface area (TPSA) is 42.8 Å². The van der Waals surface area contributed by atoms with Gasteiger partial charge in [0.05, 0.1) is 4.88 Å². The van der Waals surface area contributed by atoms with Gasteiger partial charge in [0.25, 0.3) is 5.91 Å². The van der Waals surface area contributed by atoms with Gasteiger partial charge in [-0.25, -0.2) is 0 Å². The first kappa shape index (κ1) is 17.4. The minimum Gasteiger partial charge on any atom is -0.372 e. The zero-order chi connectivity index (χ0) is 16.8. The molecule has 2 aromatic rings. The summed E-state index contributed by atoms with van der Waals surface area (Å²) in [5.74, 6) is 0.00168. The highest BCUT2D eigenvalue weighted by molar-refractivity contribution is 7.09. The van der Waals surface area contributed by atoms with Gasteiger partial charge in [-0.15, -0.1) is 11.3 Å². The summed E-state index contributed by atoms with van der Waals surface area (Å²) in [6.07, 6.45) is 2.47. The summed E-state index contributed by atoms with van der Waals surface area (Å²) in [7, 11) is 0. The van der Waals surface area contributed by atoms with Gasteiger partial charge in [-0.1, -0.05) is 23.7 Å². The number of carbonyl (C=O) groups is 1. The van der Waals surface area contributed by atoms with Gasteiger partial charge in [0, 0.05) is 17.3 Å². The predicted molar refractivity (Wildman–Crippen MR) is 97.8 cm³/mol. The first-order valence-electron chi connectivity index (χ1n) is 8.22. The molecule has 0 bridgehead atoms. The van der Waals surface area contributed by atoms with Gasteiger partial charge in [-0.05, 0) is 42.5 Å². The first-order chi connectivity index (χ1) is 11.7. The van der Waals surface area contributed by atoms with Gasteiger partial charge in [0.15, 0.2) is 6.54 Å². The lowest BCUT2D eigenvalue weighted by Gasteiger charge is -2.21. The summed E-state index contributed by atoms with van der Waals surface area (Å²) >= 11 is 7.70. The van der Waals surface area contributed by atoms with Crippen molar-refractivity contribution in [2.45, 2.75) is 25.5 Å². The second-order valence-electron chi connectivity index (χ2n) is 6.08. The molecule has 128 valence electrons. The quantitative estimate of drug-likeness (QED) is 0.792. The molecule has 1 saturated heterocycles. The third kappa shape index (κ3) is 5.31. The predicted octanol–water partition coefficient (Wildman–Crippen LogP) is 2.60. The average molecular weight is 366 g/mol. The van der Waals surface area contributed by atoms with Gasteiger partial charge < -0.3 is 15.0 Å². The molecule has 0 saturated carbocycles. The number of nitrogens with one attached hydrogen (secondary N) is 2. The zero-order valence-electron chi connectivity index (χ0n) is 13.5. The lowest BCUT2D eigenvalue weighted by molar-refractivity contribution is -0.908. The normalized spacial score (nSPS) is 18.5. The lowest BCUT2D eigenvalue weighted by Crippen LogP contribution is -3.12. The minimum atomic E-state index is 0.00168. The second-order valence-corrected chi connectivity index (χ2v) is 7.55. The number of quaternary nitrogens is 1. The number of anilines is 1. The molecule has 1 aliphatic heterocycles. The van der Waals surface area contributed by atoms with E-state index in [1.54, 1.807) is 23.5 Å². The van der Waals surface area contributed by atoms with Gasteiger partial charge in [-0.3, -0.25) is 4.79 Å². The zero-order valence-corrected chi connectivity index (χ0v) is 15.0. The van der Waals surface area contributed by atoms with Crippen LogP contribution in [0.1, 0.15) is 17.7 Å². The van der Waals surface area contributed by atoms with E-state index in [4.69, 9.17) is 16.3 Å². The Morgan fingerprint density at radius 1 is 1.38 bits per heavy atom. The number of hydrogen-bond acceptors (Lipinski definition) is 3. The molecule has 2 N–H and O–H groups in total. The monoisotopic (exact) mass is 365 g/mol. The Labute approximate surface area is 151 Å². The molecule has 3 rings (SSSR count). The van der Waals surface area contributed by atoms with Gasteiger partial charge in [0.1, 0.15) is 19.2 Å². The third-order valence-corrected chi connectivity index (χ3v) is 5.18. The molecule has 1 aliphatic rings. The maximum Gasteiger partial charge on any atom is 0.279 e. The van der Waals surface area contributed by atoms with E-state index in [1.165, 1.54) is 9.78 Å². The molecule has 6 heteroatoms. The van der Waals surface area contributed by atoms with Gasteiger partial charge in [0.2, 0.25) is 0 Å². The van der Waals surface area contributed by atoms with Crippen LogP contribution >= 0.6 is 22.9 Å². The largest absolute Gasteiger partial charge is 0.372 e. The Kier molecular flexibility index (Phi) is 6.26. The molecule has 24 heavy (non-hydrogen) atoms. The van der Waals surface area contributed by atoms with Crippen LogP contribution in [0.5, 0.6) is 0 Å². The Bertz CT molecular complexity index is 657. The van der Waals surface area contributed by atoms with Crippen molar-refractivity contribution in [3.63, 3.8) is 0 Å². The number of halogens is 1. The summed E-state index contributed by atoms with van der Waals surface area (Å²) in [4.78, 5) is 14.9. The van der Waals surface area contributed by atoms with Crippen LogP contribution < -0.4 is 10.2 Å². The molecule has 2 atom stereocenters. The lowest BCUT2D eigenvalue weighted by atomic mass is 10.2. The summed E-state index contributed by atoms with van der Waals surface area (Å²) < 4.78 is 5.75. The number of rotatable bonds is 7. The van der Waals surface area contributed by atoms with Crippen LogP contribution in [0.2, 0.25) is 5.02 Å². The standard InChI is InChI=1S/C18H21ClN2O2S/c19-14-4-1-5-15(10-14)20-18(22)13-21(11-16-6-2-8-23-16)12-17-7-3-9-24-17/h1,3-5,7,9-10,16H,2,6,8,11-13H2,(H,20,22)/p+1/t16-/m1/s1. The van der Waals surface area contributed by atoms with E-state index in [0.29, 0.717) is 11.6 Å². The fourth-order valence-corrected chi connectivity index (χ4v) is 3.96. The van der Waals surface area contributed by atoms with Crippen molar-refractivity contribution in [1.82, 2.24) is 0 Å². The first-order valence-corrected chi connectivity index (χ1v) is 9.48. The molecule has 2 heterocycles. The second kappa shape index (κ2) is 8.62. The van der Waals surface area contributed by atoms with Crippen LogP contribution in [0.15, 0.2) is 41.8 Å². The molecule has 4 nitrogen and oxygen atoms in total. The Hall–Kier alpha value is -1.40. The van der Waals surface area contributed by atoms with E-state index in [2.05, 4.69) is 22.8 Å². The fourth-order valence-electron chi connectivity index (χ4n) is 2.99. The van der Waals surface area contributed by atoms with E-state index < -0.39 is 0 Å². The molecule has 1 unspecified atom stereocenters. The van der Waals surface area contributed by atoms with E-state index in [9.17, 15) is 4.79 Å². The van der Waals surface area contributed by atoms with Gasteiger partial charge in [-0.2, -0.15) is 0 Å². The van der Waals surface area contributed by atoms with E-state index >= 15 is 0 Å². The van der Waals surface area contributed by atoms with Crippen LogP contribution in [0, 0.1) is 0 Å². The van der Waals surface area contributed by atoms with E-state index in [0.717, 1.165) is 38.2 Å². The highest BCUT2D eigenvalue weighted by Crippen LogP contribution is 2.14. The van der Waals surface area contributed by atoms with Crippen molar-refractivity contribution >= 4 is 34.5 Å². The molecule has 1 aromatic heterocycles. The maximum atomic E-state index is 12.4. The maximum absolute atomic E-state index is 12.4. The van der Waals surface area contributed by atoms with Crippen molar-refractivity contribution in [3.05, 3.63) is 51.7 Å². The third-order valence-electron chi connectivity index (χ3n) is 4.06. The summed E-state index contributed by atoms with van der Waals surface area (Å²) in [6.45, 7) is 2.97. The molecule has 0 aliphatic carbocycles. The molecular weight excluding hydrogens is 344 g/mol. The van der Waals surface area contributed by atoms with Crippen LogP contribution in [0.4, 0.5) is 5.69 Å². The number of hydrogen-bond donors (Lipinski definition) is 2. The number of thiophene rings is 1. The molecule has 1 aromatic carbocycles. The van der Waals surface area contributed by atoms with Crippen molar-refractivity contribution in [1.29, 1.82) is 0 Å². The van der Waals surface area contributed by atoms with Crippen LogP contribution in [-0.2, 0) is 16.1 Å². The minimum absolute atomic E-state index is 0.00168. The molecule has 0 spiro atoms. The summed E-state index contributed by atoms with van der Waals surface area (Å²) in [5, 5.41) is 5.63. The van der Waals surface area contributed by atoms with Gasteiger partial charge >= 0.3 is 0 Å². The number of amides is 1. The summed E-state index contributed by atoms with van der Waals surface area (Å²) in [5.41, 5.74) is 0.736. The van der Waals surface area contributed by atoms with Crippen molar-refractivity contribution in [2.24, 2.45) is 0 Å². The van der Waals surface area contributed by atoms with Crippen molar-refractivity contribution in [3.8, 4) is 0 Å². The number of carbonyl (C=O) groups excluding carboxylic acids is 1. The fraction of sp³-hybridized carbons (Fsp3) is 0.389. The number of ether oxygens (including phenoxy) is 1. The Balaban J connectivity index is 1.60. The highest BCUT2D eigenvalue weighted by Gasteiger charge is 2.24. The average Bonchev–Trinajstić information content (AvgIpc) is 3.21. The number of benzene rings is 1. The highest BCUT2D eigenvalue weighted by atomic mass is 35.5. The van der Waals surface area contributed by atoms with Crippen molar-refractivity contribution in [2.75, 3.05) is 25.0 Å². The molecule has 0 radical (unpaired) electrons. The van der Waals surface area contributed by atoms with E-state index in [1.807, 2.05) is 12.1 Å². The SMILES string of the molecule is O=C(C[NH+](Cc1cccs1)C[C@H]1CCCO1)Nc1cccc(Cl)c1. The molecule has 1 fully saturated rings. The van der Waals surface area contributed by atoms with Crippen molar-refractivity contribution < 1.29 is 14.4 Å². The van der Waals surface area contributed by atoms with Crippen LogP contribution in [-0.4, -0.2) is 31.7 Å². The van der Waals surface area contributed by atoms with Crippen LogP contribution in [0.25, 0.3) is 0 Å².